The average molecular weight is 365 g/mol. The molecular formula is C19H15N3O3S. The molecule has 6 nitrogen and oxygen atoms in total. The second-order valence-electron chi connectivity index (χ2n) is 5.54. The summed E-state index contributed by atoms with van der Waals surface area (Å²) in [6.07, 6.45) is 3.26. The second kappa shape index (κ2) is 6.97. The lowest BCUT2D eigenvalue weighted by molar-refractivity contribution is 0.0925. The number of furan rings is 1. The predicted molar refractivity (Wildman–Crippen MR) is 99.3 cm³/mol. The molecule has 0 saturated carbocycles. The van der Waals surface area contributed by atoms with Gasteiger partial charge in [-0.2, -0.15) is 11.3 Å². The van der Waals surface area contributed by atoms with Gasteiger partial charge in [-0.05, 0) is 23.6 Å². The normalized spacial score (nSPS) is 10.8. The first-order valence-corrected chi connectivity index (χ1v) is 8.88. The number of fused-ring (bicyclic) bond motifs is 1. The van der Waals surface area contributed by atoms with E-state index in [4.69, 9.17) is 9.15 Å². The van der Waals surface area contributed by atoms with Crippen molar-refractivity contribution in [1.29, 1.82) is 0 Å². The molecule has 0 aliphatic rings. The van der Waals surface area contributed by atoms with Crippen molar-refractivity contribution in [3.05, 3.63) is 64.9 Å². The minimum absolute atomic E-state index is 0.227. The number of carbonyl (C=O) groups is 1. The standard InChI is InChI=1S/C19H15N3O3S/c1-24-15-4-2-3-12-9-16(25-18(12)15)19(23)22-10-14-17(21-7-6-20-14)13-5-8-26-11-13/h2-9,11H,10H2,1H3,(H,22,23). The van der Waals surface area contributed by atoms with E-state index in [-0.39, 0.29) is 18.2 Å². The van der Waals surface area contributed by atoms with Crippen molar-refractivity contribution in [2.24, 2.45) is 0 Å². The lowest BCUT2D eigenvalue weighted by atomic mass is 10.2. The maximum absolute atomic E-state index is 12.5. The van der Waals surface area contributed by atoms with E-state index in [9.17, 15) is 4.79 Å². The van der Waals surface area contributed by atoms with E-state index in [2.05, 4.69) is 15.3 Å². The number of aromatic nitrogens is 2. The van der Waals surface area contributed by atoms with E-state index in [0.29, 0.717) is 17.0 Å². The highest BCUT2D eigenvalue weighted by molar-refractivity contribution is 7.08. The monoisotopic (exact) mass is 365 g/mol. The third-order valence-corrected chi connectivity index (χ3v) is 4.62. The Morgan fingerprint density at radius 3 is 2.96 bits per heavy atom. The van der Waals surface area contributed by atoms with Crippen LogP contribution in [0.1, 0.15) is 16.2 Å². The smallest absolute Gasteiger partial charge is 0.287 e. The lowest BCUT2D eigenvalue weighted by Crippen LogP contribution is -2.23. The molecule has 0 aliphatic carbocycles. The molecule has 0 atom stereocenters. The van der Waals surface area contributed by atoms with E-state index in [0.717, 1.165) is 16.6 Å². The van der Waals surface area contributed by atoms with E-state index < -0.39 is 0 Å². The van der Waals surface area contributed by atoms with Crippen LogP contribution in [0.5, 0.6) is 5.75 Å². The van der Waals surface area contributed by atoms with E-state index in [1.807, 2.05) is 29.0 Å². The zero-order valence-electron chi connectivity index (χ0n) is 13.9. The van der Waals surface area contributed by atoms with Gasteiger partial charge in [0.15, 0.2) is 17.1 Å². The number of ether oxygens (including phenoxy) is 1. The van der Waals surface area contributed by atoms with E-state index in [1.54, 1.807) is 43.0 Å². The summed E-state index contributed by atoms with van der Waals surface area (Å²) in [6, 6.07) is 9.19. The van der Waals surface area contributed by atoms with E-state index in [1.165, 1.54) is 0 Å². The zero-order chi connectivity index (χ0) is 17.9. The molecule has 1 amide bonds. The lowest BCUT2D eigenvalue weighted by Gasteiger charge is -2.07. The first-order valence-electron chi connectivity index (χ1n) is 7.93. The fourth-order valence-electron chi connectivity index (χ4n) is 2.70. The number of hydrogen-bond acceptors (Lipinski definition) is 6. The van der Waals surface area contributed by atoms with Crippen LogP contribution < -0.4 is 10.1 Å². The predicted octanol–water partition coefficient (Wildman–Crippen LogP) is 3.89. The summed E-state index contributed by atoms with van der Waals surface area (Å²) in [5, 5.41) is 7.64. The van der Waals surface area contributed by atoms with Crippen LogP contribution in [-0.4, -0.2) is 23.0 Å². The summed E-state index contributed by atoms with van der Waals surface area (Å²) in [5.74, 6) is 0.505. The Balaban J connectivity index is 1.55. The Morgan fingerprint density at radius 2 is 2.15 bits per heavy atom. The Kier molecular flexibility index (Phi) is 4.37. The molecule has 0 saturated heterocycles. The molecular weight excluding hydrogens is 350 g/mol. The fraction of sp³-hybridized carbons (Fsp3) is 0.105. The first-order chi connectivity index (χ1) is 12.8. The molecule has 1 aromatic carbocycles. The van der Waals surface area contributed by atoms with Crippen LogP contribution in [0.25, 0.3) is 22.2 Å². The molecule has 3 heterocycles. The maximum Gasteiger partial charge on any atom is 0.287 e. The quantitative estimate of drug-likeness (QED) is 0.581. The zero-order valence-corrected chi connectivity index (χ0v) is 14.7. The number of nitrogens with zero attached hydrogens (tertiary/aromatic N) is 2. The molecule has 0 radical (unpaired) electrons. The summed E-state index contributed by atoms with van der Waals surface area (Å²) in [4.78, 5) is 21.2. The Hall–Kier alpha value is -3.19. The van der Waals surface area contributed by atoms with Gasteiger partial charge in [0.05, 0.1) is 25.0 Å². The number of thiophene rings is 1. The van der Waals surface area contributed by atoms with E-state index >= 15 is 0 Å². The van der Waals surface area contributed by atoms with Crippen LogP contribution in [0.3, 0.4) is 0 Å². The number of methoxy groups -OCH3 is 1. The molecule has 1 N–H and O–H groups in total. The Labute approximate surface area is 153 Å². The highest BCUT2D eigenvalue weighted by Crippen LogP contribution is 2.28. The van der Waals surface area contributed by atoms with Crippen molar-refractivity contribution in [1.82, 2.24) is 15.3 Å². The maximum atomic E-state index is 12.5. The summed E-state index contributed by atoms with van der Waals surface area (Å²) >= 11 is 1.59. The largest absolute Gasteiger partial charge is 0.493 e. The van der Waals surface area contributed by atoms with Gasteiger partial charge in [0, 0.05) is 28.7 Å². The number of nitrogens with one attached hydrogen (secondary N) is 1. The number of para-hydroxylation sites is 1. The van der Waals surface area contributed by atoms with Crippen molar-refractivity contribution in [2.45, 2.75) is 6.54 Å². The number of amides is 1. The van der Waals surface area contributed by atoms with Gasteiger partial charge < -0.3 is 14.5 Å². The Morgan fingerprint density at radius 1 is 1.27 bits per heavy atom. The molecule has 0 aliphatic heterocycles. The minimum atomic E-state index is -0.315. The summed E-state index contributed by atoms with van der Waals surface area (Å²) < 4.78 is 10.9. The van der Waals surface area contributed by atoms with Gasteiger partial charge in [0.1, 0.15) is 0 Å². The van der Waals surface area contributed by atoms with Crippen LogP contribution in [-0.2, 0) is 6.54 Å². The van der Waals surface area contributed by atoms with Gasteiger partial charge in [-0.25, -0.2) is 0 Å². The second-order valence-corrected chi connectivity index (χ2v) is 6.32. The molecule has 26 heavy (non-hydrogen) atoms. The molecule has 0 spiro atoms. The summed E-state index contributed by atoms with van der Waals surface area (Å²) in [6.45, 7) is 0.256. The van der Waals surface area contributed by atoms with Crippen molar-refractivity contribution in [3.63, 3.8) is 0 Å². The van der Waals surface area contributed by atoms with Gasteiger partial charge in [0.2, 0.25) is 0 Å². The molecule has 4 aromatic rings. The first kappa shape index (κ1) is 16.3. The molecule has 130 valence electrons. The number of carbonyl (C=O) groups excluding carboxylic acids is 1. The highest BCUT2D eigenvalue weighted by atomic mass is 32.1. The van der Waals surface area contributed by atoms with Crippen molar-refractivity contribution in [2.75, 3.05) is 7.11 Å². The summed E-state index contributed by atoms with van der Waals surface area (Å²) in [5.41, 5.74) is 3.01. The number of benzene rings is 1. The average Bonchev–Trinajstić information content (AvgIpc) is 3.35. The molecule has 0 unspecified atom stereocenters. The van der Waals surface area contributed by atoms with Crippen LogP contribution in [0.15, 0.2) is 57.9 Å². The summed E-state index contributed by atoms with van der Waals surface area (Å²) in [7, 11) is 1.57. The van der Waals surface area contributed by atoms with Gasteiger partial charge in [-0.3, -0.25) is 14.8 Å². The third kappa shape index (κ3) is 3.04. The molecule has 0 fully saturated rings. The van der Waals surface area contributed by atoms with Gasteiger partial charge >= 0.3 is 0 Å². The minimum Gasteiger partial charge on any atom is -0.493 e. The molecule has 3 aromatic heterocycles. The topological polar surface area (TPSA) is 77.2 Å². The van der Waals surface area contributed by atoms with Crippen LogP contribution in [0.2, 0.25) is 0 Å². The van der Waals surface area contributed by atoms with Crippen molar-refractivity contribution < 1.29 is 13.9 Å². The van der Waals surface area contributed by atoms with Gasteiger partial charge in [-0.1, -0.05) is 12.1 Å². The molecule has 4 rings (SSSR count). The van der Waals surface area contributed by atoms with Gasteiger partial charge in [-0.15, -0.1) is 0 Å². The van der Waals surface area contributed by atoms with Crippen molar-refractivity contribution in [3.8, 4) is 17.0 Å². The molecule has 0 bridgehead atoms. The van der Waals surface area contributed by atoms with Crippen LogP contribution in [0, 0.1) is 0 Å². The number of rotatable bonds is 5. The molecule has 7 heteroatoms. The van der Waals surface area contributed by atoms with Crippen LogP contribution in [0.4, 0.5) is 0 Å². The highest BCUT2D eigenvalue weighted by Gasteiger charge is 2.16. The van der Waals surface area contributed by atoms with Crippen molar-refractivity contribution >= 4 is 28.2 Å². The third-order valence-electron chi connectivity index (χ3n) is 3.94. The Bertz CT molecular complexity index is 1060. The fourth-order valence-corrected chi connectivity index (χ4v) is 3.34. The SMILES string of the molecule is COc1cccc2cc(C(=O)NCc3nccnc3-c3ccsc3)oc12. The van der Waals surface area contributed by atoms with Gasteiger partial charge in [0.25, 0.3) is 5.91 Å². The number of hydrogen-bond donors (Lipinski definition) is 1. The van der Waals surface area contributed by atoms with Crippen LogP contribution >= 0.6 is 11.3 Å².